The van der Waals surface area contributed by atoms with Crippen molar-refractivity contribution in [2.75, 3.05) is 13.1 Å². The lowest BCUT2D eigenvalue weighted by molar-refractivity contribution is -0.136. The lowest BCUT2D eigenvalue weighted by Gasteiger charge is -2.44. The smallest absolute Gasteiger partial charge is 0.410 e. The number of nitrogens with zero attached hydrogens (tertiary/aromatic N) is 2. The monoisotopic (exact) mass is 483 g/mol. The fourth-order valence-corrected chi connectivity index (χ4v) is 5.79. The second kappa shape index (κ2) is 8.24. The van der Waals surface area contributed by atoms with Crippen LogP contribution in [0.15, 0.2) is 12.1 Å². The number of carbonyl (C=O) groups excluding carboxylic acids is 4. The topological polar surface area (TPSA) is 105 Å². The lowest BCUT2D eigenvalue weighted by atomic mass is 9.66. The lowest BCUT2D eigenvalue weighted by Crippen LogP contribution is -2.52. The van der Waals surface area contributed by atoms with Crippen molar-refractivity contribution in [2.24, 2.45) is 5.41 Å². The predicted molar refractivity (Wildman–Crippen MR) is 126 cm³/mol. The van der Waals surface area contributed by atoms with E-state index in [0.29, 0.717) is 37.4 Å². The summed E-state index contributed by atoms with van der Waals surface area (Å²) >= 11 is 0. The van der Waals surface area contributed by atoms with Crippen LogP contribution >= 0.6 is 0 Å². The van der Waals surface area contributed by atoms with Gasteiger partial charge in [0.2, 0.25) is 11.8 Å². The summed E-state index contributed by atoms with van der Waals surface area (Å²) in [5.74, 6) is -0.230. The number of imide groups is 1. The molecule has 0 bridgehead atoms. The molecule has 0 aromatic heterocycles. The number of ether oxygens (including phenoxy) is 2. The first-order valence-corrected chi connectivity index (χ1v) is 12.4. The third kappa shape index (κ3) is 4.48. The zero-order chi connectivity index (χ0) is 25.1. The zero-order valence-electron chi connectivity index (χ0n) is 20.8. The molecule has 188 valence electrons. The van der Waals surface area contributed by atoms with E-state index >= 15 is 0 Å². The molecule has 1 spiro atoms. The molecule has 1 N–H and O–H groups in total. The van der Waals surface area contributed by atoms with Crippen molar-refractivity contribution in [3.63, 3.8) is 0 Å². The maximum atomic E-state index is 13.2. The molecule has 1 saturated carbocycles. The second-order valence-electron chi connectivity index (χ2n) is 11.5. The van der Waals surface area contributed by atoms with Crippen LogP contribution in [-0.4, -0.2) is 64.5 Å². The van der Waals surface area contributed by atoms with Crippen LogP contribution in [0.5, 0.6) is 5.75 Å². The van der Waals surface area contributed by atoms with E-state index in [-0.39, 0.29) is 35.8 Å². The molecule has 1 unspecified atom stereocenters. The number of rotatable bonds is 3. The van der Waals surface area contributed by atoms with Crippen LogP contribution in [0, 0.1) is 12.3 Å². The van der Waals surface area contributed by atoms with Gasteiger partial charge in [-0.25, -0.2) is 4.79 Å². The molecular formula is C26H33N3O6. The Morgan fingerprint density at radius 1 is 1.17 bits per heavy atom. The first kappa shape index (κ1) is 23.6. The summed E-state index contributed by atoms with van der Waals surface area (Å²) in [6.07, 6.45) is 2.93. The minimum atomic E-state index is -0.648. The van der Waals surface area contributed by atoms with E-state index in [2.05, 4.69) is 5.32 Å². The Bertz CT molecular complexity index is 1100. The van der Waals surface area contributed by atoms with Crippen LogP contribution < -0.4 is 10.1 Å². The molecule has 3 heterocycles. The minimum absolute atomic E-state index is 0.0132. The number of piperidine rings is 1. The largest absolute Gasteiger partial charge is 0.490 e. The third-order valence-corrected chi connectivity index (χ3v) is 7.46. The van der Waals surface area contributed by atoms with Gasteiger partial charge in [-0.05, 0) is 76.5 Å². The number of amides is 4. The van der Waals surface area contributed by atoms with Gasteiger partial charge in [0.1, 0.15) is 17.4 Å². The minimum Gasteiger partial charge on any atom is -0.490 e. The normalized spacial score (nSPS) is 28.2. The summed E-state index contributed by atoms with van der Waals surface area (Å²) in [5.41, 5.74) is 1.83. The molecular weight excluding hydrogens is 450 g/mol. The maximum absolute atomic E-state index is 13.2. The highest BCUT2D eigenvalue weighted by atomic mass is 16.6. The Morgan fingerprint density at radius 3 is 2.60 bits per heavy atom. The third-order valence-electron chi connectivity index (χ3n) is 7.46. The molecule has 1 aliphatic carbocycles. The number of nitrogens with one attached hydrogen (secondary N) is 1. The summed E-state index contributed by atoms with van der Waals surface area (Å²) < 4.78 is 11.9. The van der Waals surface area contributed by atoms with Gasteiger partial charge in [-0.1, -0.05) is 0 Å². The van der Waals surface area contributed by atoms with Crippen LogP contribution in [0.2, 0.25) is 0 Å². The quantitative estimate of drug-likeness (QED) is 0.663. The van der Waals surface area contributed by atoms with Crippen molar-refractivity contribution in [3.05, 3.63) is 28.8 Å². The van der Waals surface area contributed by atoms with Crippen molar-refractivity contribution < 1.29 is 28.7 Å². The zero-order valence-corrected chi connectivity index (χ0v) is 20.8. The van der Waals surface area contributed by atoms with Gasteiger partial charge in [0.05, 0.1) is 12.6 Å². The van der Waals surface area contributed by atoms with E-state index in [1.807, 2.05) is 39.8 Å². The Morgan fingerprint density at radius 2 is 1.91 bits per heavy atom. The number of hydrogen-bond donors (Lipinski definition) is 1. The summed E-state index contributed by atoms with van der Waals surface area (Å²) in [6, 6.07) is 3.14. The van der Waals surface area contributed by atoms with Gasteiger partial charge in [-0.2, -0.15) is 0 Å². The summed E-state index contributed by atoms with van der Waals surface area (Å²) in [6.45, 7) is 9.20. The van der Waals surface area contributed by atoms with E-state index in [9.17, 15) is 19.2 Å². The molecule has 1 atom stereocenters. The Hall–Kier alpha value is -3.10. The highest BCUT2D eigenvalue weighted by molar-refractivity contribution is 6.05. The summed E-state index contributed by atoms with van der Waals surface area (Å²) in [4.78, 5) is 52.9. The maximum Gasteiger partial charge on any atom is 0.410 e. The number of fused-ring (bicyclic) bond motifs is 1. The first-order chi connectivity index (χ1) is 16.4. The molecule has 1 aromatic carbocycles. The molecule has 5 rings (SSSR count). The van der Waals surface area contributed by atoms with Gasteiger partial charge in [-0.3, -0.25) is 19.7 Å². The molecule has 1 aromatic rings. The summed E-state index contributed by atoms with van der Waals surface area (Å²) in [7, 11) is 0. The van der Waals surface area contributed by atoms with E-state index < -0.39 is 17.6 Å². The number of carbonyl (C=O) groups is 4. The van der Waals surface area contributed by atoms with Gasteiger partial charge in [0, 0.05) is 30.6 Å². The van der Waals surface area contributed by atoms with Crippen molar-refractivity contribution >= 4 is 23.8 Å². The van der Waals surface area contributed by atoms with Crippen molar-refractivity contribution in [1.82, 2.24) is 15.1 Å². The van der Waals surface area contributed by atoms with Crippen LogP contribution in [0.1, 0.15) is 74.4 Å². The van der Waals surface area contributed by atoms with E-state index in [0.717, 1.165) is 30.4 Å². The number of benzene rings is 1. The fourth-order valence-electron chi connectivity index (χ4n) is 5.79. The Kier molecular flexibility index (Phi) is 5.56. The number of likely N-dealkylation sites (tertiary alicyclic amines) is 1. The molecule has 9 nitrogen and oxygen atoms in total. The predicted octanol–water partition coefficient (Wildman–Crippen LogP) is 2.92. The number of aryl methyl sites for hydroxylation is 1. The molecule has 2 saturated heterocycles. The van der Waals surface area contributed by atoms with Gasteiger partial charge in [0.15, 0.2) is 0 Å². The SMILES string of the molecule is Cc1cc(OC2CC3(CCN(C(=O)OC(C)(C)C)C3)C2)c2c(c1)C(=O)N(C1CCC(=O)NC1=O)C2. The highest BCUT2D eigenvalue weighted by Crippen LogP contribution is 2.50. The fraction of sp³-hybridized carbons (Fsp3) is 0.615. The van der Waals surface area contributed by atoms with Crippen molar-refractivity contribution in [1.29, 1.82) is 0 Å². The average Bonchev–Trinajstić information content (AvgIpc) is 3.30. The molecule has 4 aliphatic rings. The molecule has 3 fully saturated rings. The van der Waals surface area contributed by atoms with E-state index in [4.69, 9.17) is 9.47 Å². The Labute approximate surface area is 205 Å². The van der Waals surface area contributed by atoms with Gasteiger partial charge < -0.3 is 19.3 Å². The van der Waals surface area contributed by atoms with Crippen molar-refractivity contribution in [2.45, 2.75) is 84.1 Å². The Balaban J connectivity index is 1.24. The van der Waals surface area contributed by atoms with E-state index in [1.54, 1.807) is 9.80 Å². The summed E-state index contributed by atoms with van der Waals surface area (Å²) in [5, 5.41) is 2.34. The van der Waals surface area contributed by atoms with Crippen LogP contribution in [0.4, 0.5) is 4.79 Å². The molecule has 0 radical (unpaired) electrons. The molecule has 3 aliphatic heterocycles. The molecule has 35 heavy (non-hydrogen) atoms. The van der Waals surface area contributed by atoms with Gasteiger partial charge in [0.25, 0.3) is 5.91 Å². The number of hydrogen-bond acceptors (Lipinski definition) is 6. The van der Waals surface area contributed by atoms with E-state index in [1.165, 1.54) is 0 Å². The van der Waals surface area contributed by atoms with Crippen LogP contribution in [-0.2, 0) is 20.9 Å². The average molecular weight is 484 g/mol. The van der Waals surface area contributed by atoms with Crippen LogP contribution in [0.3, 0.4) is 0 Å². The van der Waals surface area contributed by atoms with Gasteiger partial charge >= 0.3 is 6.09 Å². The standard InChI is InChI=1S/C26H33N3O6/c1-15-9-17-18(13-29(23(17)32)19-5-6-21(30)27-22(19)31)20(10-15)34-16-11-26(12-16)7-8-28(14-26)24(33)35-25(2,3)4/h9-10,16,19H,5-8,11-14H2,1-4H3,(H,27,30,31). The second-order valence-corrected chi connectivity index (χ2v) is 11.5. The molecule has 9 heteroatoms. The first-order valence-electron chi connectivity index (χ1n) is 12.4. The molecule has 4 amide bonds. The highest BCUT2D eigenvalue weighted by Gasteiger charge is 2.51. The van der Waals surface area contributed by atoms with Crippen LogP contribution in [0.25, 0.3) is 0 Å². The van der Waals surface area contributed by atoms with Crippen molar-refractivity contribution in [3.8, 4) is 5.75 Å². The van der Waals surface area contributed by atoms with Gasteiger partial charge in [-0.15, -0.1) is 0 Å².